The van der Waals surface area contributed by atoms with Crippen LogP contribution in [0.1, 0.15) is 45.6 Å². The molecule has 0 saturated carbocycles. The first-order valence-electron chi connectivity index (χ1n) is 10.2. The highest BCUT2D eigenvalue weighted by Gasteiger charge is 2.23. The third kappa shape index (κ3) is 7.12. The zero-order valence-corrected chi connectivity index (χ0v) is 17.2. The van der Waals surface area contributed by atoms with Crippen molar-refractivity contribution >= 4 is 17.6 Å². The maximum Gasteiger partial charge on any atom is 0.222 e. The third-order valence-electron chi connectivity index (χ3n) is 4.90. The van der Waals surface area contributed by atoms with Crippen LogP contribution in [0.5, 0.6) is 0 Å². The first-order valence-corrected chi connectivity index (χ1v) is 10.2. The van der Waals surface area contributed by atoms with Crippen LogP contribution in [-0.2, 0) is 4.79 Å². The molecule has 1 amide bonds. The van der Waals surface area contributed by atoms with Crippen LogP contribution in [0.25, 0.3) is 0 Å². The highest BCUT2D eigenvalue weighted by Crippen LogP contribution is 2.20. The van der Waals surface area contributed by atoms with Crippen LogP contribution in [0.4, 0.5) is 5.69 Å². The van der Waals surface area contributed by atoms with Crippen molar-refractivity contribution in [2.45, 2.75) is 59.0 Å². The summed E-state index contributed by atoms with van der Waals surface area (Å²) >= 11 is 0. The summed E-state index contributed by atoms with van der Waals surface area (Å²) in [6.45, 7) is 11.6. The van der Waals surface area contributed by atoms with E-state index >= 15 is 0 Å². The van der Waals surface area contributed by atoms with Gasteiger partial charge in [-0.25, -0.2) is 0 Å². The fourth-order valence-electron chi connectivity index (χ4n) is 3.10. The number of aliphatic imine (C=N–C) groups is 1. The second-order valence-electron chi connectivity index (χ2n) is 7.30. The smallest absolute Gasteiger partial charge is 0.222 e. The van der Waals surface area contributed by atoms with Crippen LogP contribution >= 0.6 is 0 Å². The van der Waals surface area contributed by atoms with E-state index < -0.39 is 0 Å². The number of carbonyl (C=O) groups is 1. The molecule has 0 radical (unpaired) electrons. The number of amides is 1. The molecule has 6 nitrogen and oxygen atoms in total. The predicted molar refractivity (Wildman–Crippen MR) is 113 cm³/mol. The molecular formula is C21H35N5O. The summed E-state index contributed by atoms with van der Waals surface area (Å²) in [5, 5.41) is 9.79. The zero-order valence-electron chi connectivity index (χ0n) is 17.2. The number of carbonyl (C=O) groups excluding carboxylic acids is 1. The molecule has 2 atom stereocenters. The van der Waals surface area contributed by atoms with Crippen molar-refractivity contribution in [2.75, 3.05) is 31.1 Å². The molecule has 2 rings (SSSR count). The molecule has 0 bridgehead atoms. The highest BCUT2D eigenvalue weighted by atomic mass is 16.1. The number of aryl methyl sites for hydroxylation is 1. The Kier molecular flexibility index (Phi) is 8.43. The van der Waals surface area contributed by atoms with Gasteiger partial charge in [-0.1, -0.05) is 24.6 Å². The quantitative estimate of drug-likeness (QED) is 0.484. The molecule has 6 heteroatoms. The van der Waals surface area contributed by atoms with Crippen molar-refractivity contribution in [3.05, 3.63) is 29.8 Å². The Morgan fingerprint density at radius 2 is 2.04 bits per heavy atom. The minimum absolute atomic E-state index is 0.0651. The normalized spacial score (nSPS) is 18.3. The average molecular weight is 374 g/mol. The fourth-order valence-corrected chi connectivity index (χ4v) is 3.10. The number of rotatable bonds is 8. The number of benzene rings is 1. The highest BCUT2D eigenvalue weighted by molar-refractivity contribution is 5.81. The van der Waals surface area contributed by atoms with E-state index in [1.54, 1.807) is 0 Å². The van der Waals surface area contributed by atoms with Gasteiger partial charge in [0, 0.05) is 43.8 Å². The number of nitrogens with zero attached hydrogens (tertiary/aromatic N) is 2. The van der Waals surface area contributed by atoms with Gasteiger partial charge in [0.15, 0.2) is 5.96 Å². The number of hydrogen-bond acceptors (Lipinski definition) is 3. The standard InChI is InChI=1S/C21H35N5O/c1-5-17(4)24-20(27)11-13-23-21(22-6-2)25-18-12-14-26(15-18)19-9-7-16(3)8-10-19/h7-10,17-18H,5-6,11-15H2,1-4H3,(H,24,27)(H2,22,23,25). The Morgan fingerprint density at radius 3 is 2.70 bits per heavy atom. The topological polar surface area (TPSA) is 68.8 Å². The van der Waals surface area contributed by atoms with Gasteiger partial charge in [-0.3, -0.25) is 9.79 Å². The summed E-state index contributed by atoms with van der Waals surface area (Å²) in [6.07, 6.45) is 2.44. The molecule has 1 aliphatic rings. The summed E-state index contributed by atoms with van der Waals surface area (Å²) in [4.78, 5) is 18.9. The van der Waals surface area contributed by atoms with Gasteiger partial charge in [-0.05, 0) is 45.7 Å². The number of guanidine groups is 1. The van der Waals surface area contributed by atoms with Gasteiger partial charge in [0.05, 0.1) is 6.54 Å². The molecule has 1 aromatic rings. The van der Waals surface area contributed by atoms with Gasteiger partial charge >= 0.3 is 0 Å². The van der Waals surface area contributed by atoms with Crippen molar-refractivity contribution in [3.63, 3.8) is 0 Å². The van der Waals surface area contributed by atoms with E-state index in [1.807, 2.05) is 6.92 Å². The van der Waals surface area contributed by atoms with Crippen molar-refractivity contribution in [1.82, 2.24) is 16.0 Å². The lowest BCUT2D eigenvalue weighted by Gasteiger charge is -2.20. The minimum atomic E-state index is 0.0651. The van der Waals surface area contributed by atoms with Crippen LogP contribution < -0.4 is 20.9 Å². The zero-order chi connectivity index (χ0) is 19.6. The first-order chi connectivity index (χ1) is 13.0. The summed E-state index contributed by atoms with van der Waals surface area (Å²) < 4.78 is 0. The Bertz CT molecular complexity index is 614. The number of nitrogens with one attached hydrogen (secondary N) is 3. The van der Waals surface area contributed by atoms with E-state index in [1.165, 1.54) is 11.3 Å². The van der Waals surface area contributed by atoms with Gasteiger partial charge in [-0.15, -0.1) is 0 Å². The predicted octanol–water partition coefficient (Wildman–Crippen LogP) is 2.43. The van der Waals surface area contributed by atoms with E-state index in [9.17, 15) is 4.79 Å². The Labute approximate surface area is 163 Å². The van der Waals surface area contributed by atoms with Gasteiger partial charge in [0.1, 0.15) is 0 Å². The monoisotopic (exact) mass is 373 g/mol. The van der Waals surface area contributed by atoms with Crippen LogP contribution in [0.15, 0.2) is 29.3 Å². The van der Waals surface area contributed by atoms with Crippen molar-refractivity contribution in [3.8, 4) is 0 Å². The second-order valence-corrected chi connectivity index (χ2v) is 7.30. The number of anilines is 1. The SMILES string of the molecule is CCNC(=NCCC(=O)NC(C)CC)NC1CCN(c2ccc(C)cc2)C1. The molecule has 1 saturated heterocycles. The van der Waals surface area contributed by atoms with E-state index in [-0.39, 0.29) is 11.9 Å². The summed E-state index contributed by atoms with van der Waals surface area (Å²) in [6, 6.07) is 9.27. The summed E-state index contributed by atoms with van der Waals surface area (Å²) in [7, 11) is 0. The van der Waals surface area contributed by atoms with Crippen molar-refractivity contribution in [1.29, 1.82) is 0 Å². The average Bonchev–Trinajstić information content (AvgIpc) is 3.10. The molecule has 1 aliphatic heterocycles. The van der Waals surface area contributed by atoms with Gasteiger partial charge in [-0.2, -0.15) is 0 Å². The lowest BCUT2D eigenvalue weighted by Crippen LogP contribution is -2.44. The van der Waals surface area contributed by atoms with Crippen LogP contribution in [-0.4, -0.2) is 50.1 Å². The molecule has 1 fully saturated rings. The van der Waals surface area contributed by atoms with E-state index in [0.717, 1.165) is 38.4 Å². The van der Waals surface area contributed by atoms with Gasteiger partial charge in [0.2, 0.25) is 5.91 Å². The first kappa shape index (κ1) is 21.1. The van der Waals surface area contributed by atoms with Crippen LogP contribution in [0.3, 0.4) is 0 Å². The van der Waals surface area contributed by atoms with Gasteiger partial charge in [0.25, 0.3) is 0 Å². The van der Waals surface area contributed by atoms with Crippen LogP contribution in [0, 0.1) is 6.92 Å². The third-order valence-corrected chi connectivity index (χ3v) is 4.90. The van der Waals surface area contributed by atoms with E-state index in [2.05, 4.69) is 70.9 Å². The van der Waals surface area contributed by atoms with E-state index in [4.69, 9.17) is 0 Å². The molecule has 150 valence electrons. The lowest BCUT2D eigenvalue weighted by molar-refractivity contribution is -0.121. The lowest BCUT2D eigenvalue weighted by atomic mass is 10.2. The largest absolute Gasteiger partial charge is 0.369 e. The van der Waals surface area contributed by atoms with Crippen molar-refractivity contribution in [2.24, 2.45) is 4.99 Å². The summed E-state index contributed by atoms with van der Waals surface area (Å²) in [5.41, 5.74) is 2.56. The second kappa shape index (κ2) is 10.8. The fraction of sp³-hybridized carbons (Fsp3) is 0.619. The van der Waals surface area contributed by atoms with Gasteiger partial charge < -0.3 is 20.9 Å². The Balaban J connectivity index is 1.83. The number of hydrogen-bond donors (Lipinski definition) is 3. The molecular weight excluding hydrogens is 338 g/mol. The van der Waals surface area contributed by atoms with E-state index in [0.29, 0.717) is 19.0 Å². The molecule has 0 aliphatic carbocycles. The molecule has 2 unspecified atom stereocenters. The molecule has 1 aromatic carbocycles. The molecule has 27 heavy (non-hydrogen) atoms. The molecule has 0 aromatic heterocycles. The maximum atomic E-state index is 11.9. The molecule has 0 spiro atoms. The molecule has 3 N–H and O–H groups in total. The van der Waals surface area contributed by atoms with Crippen LogP contribution in [0.2, 0.25) is 0 Å². The molecule has 1 heterocycles. The van der Waals surface area contributed by atoms with Crippen molar-refractivity contribution < 1.29 is 4.79 Å². The maximum absolute atomic E-state index is 11.9. The Morgan fingerprint density at radius 1 is 1.30 bits per heavy atom. The minimum Gasteiger partial charge on any atom is -0.369 e. The Hall–Kier alpha value is -2.24. The summed E-state index contributed by atoms with van der Waals surface area (Å²) in [5.74, 6) is 0.861.